The molecular formula is C24H26F4N4O. The lowest BCUT2D eigenvalue weighted by Crippen LogP contribution is -2.45. The minimum absolute atomic E-state index is 0.645. The van der Waals surface area contributed by atoms with Gasteiger partial charge in [0, 0.05) is 58.1 Å². The van der Waals surface area contributed by atoms with Crippen LogP contribution in [0.3, 0.4) is 0 Å². The molecule has 3 aromatic rings. The van der Waals surface area contributed by atoms with Crippen LogP contribution in [0, 0.1) is 0 Å². The zero-order valence-electron chi connectivity index (χ0n) is 18.3. The molecule has 1 unspecified atom stereocenters. The molecule has 5 nitrogen and oxygen atoms in total. The highest BCUT2D eigenvalue weighted by atomic mass is 19.4. The summed E-state index contributed by atoms with van der Waals surface area (Å²) in [5, 5.41) is 9.17. The number of piperazine rings is 1. The first-order valence-electron chi connectivity index (χ1n) is 10.7. The number of aliphatic hydroxyl groups is 1. The van der Waals surface area contributed by atoms with E-state index >= 15 is 0 Å². The van der Waals surface area contributed by atoms with E-state index in [2.05, 4.69) is 14.8 Å². The molecule has 1 atom stereocenters. The molecule has 0 saturated carbocycles. The predicted octanol–water partition coefficient (Wildman–Crippen LogP) is 4.08. The Bertz CT molecular complexity index is 1050. The van der Waals surface area contributed by atoms with Gasteiger partial charge >= 0.3 is 12.0 Å². The number of imidazole rings is 1. The molecule has 0 aliphatic carbocycles. The van der Waals surface area contributed by atoms with E-state index in [0.29, 0.717) is 5.56 Å². The lowest BCUT2D eigenvalue weighted by atomic mass is 9.99. The number of hydrogen-bond acceptors (Lipinski definition) is 4. The van der Waals surface area contributed by atoms with E-state index in [0.717, 1.165) is 62.5 Å². The van der Waals surface area contributed by atoms with Gasteiger partial charge in [0.15, 0.2) is 0 Å². The maximum absolute atomic E-state index is 13.7. The lowest BCUT2D eigenvalue weighted by molar-refractivity contribution is -0.323. The zero-order valence-corrected chi connectivity index (χ0v) is 18.3. The average Bonchev–Trinajstić information content (AvgIpc) is 3.19. The summed E-state index contributed by atoms with van der Waals surface area (Å²) < 4.78 is 53.7. The second-order valence-corrected chi connectivity index (χ2v) is 8.44. The van der Waals surface area contributed by atoms with Gasteiger partial charge in [-0.1, -0.05) is 48.5 Å². The van der Waals surface area contributed by atoms with E-state index in [1.165, 1.54) is 17.8 Å². The molecule has 9 heteroatoms. The minimum atomic E-state index is -5.39. The van der Waals surface area contributed by atoms with Crippen molar-refractivity contribution in [3.8, 4) is 11.1 Å². The second-order valence-electron chi connectivity index (χ2n) is 8.44. The van der Waals surface area contributed by atoms with Gasteiger partial charge in [-0.3, -0.25) is 9.80 Å². The van der Waals surface area contributed by atoms with Gasteiger partial charge in [0.25, 0.3) is 0 Å². The van der Waals surface area contributed by atoms with Crippen LogP contribution in [0.25, 0.3) is 11.1 Å². The smallest absolute Gasteiger partial charge is 0.351 e. The largest absolute Gasteiger partial charge is 0.453 e. The Balaban J connectivity index is 1.32. The van der Waals surface area contributed by atoms with E-state index < -0.39 is 17.6 Å². The third kappa shape index (κ3) is 5.26. The molecular weight excluding hydrogens is 436 g/mol. The van der Waals surface area contributed by atoms with Gasteiger partial charge in [-0.2, -0.15) is 17.6 Å². The molecule has 1 fully saturated rings. The van der Waals surface area contributed by atoms with Gasteiger partial charge < -0.3 is 9.67 Å². The van der Waals surface area contributed by atoms with Crippen molar-refractivity contribution >= 4 is 0 Å². The minimum Gasteiger partial charge on any atom is -0.351 e. The standard InChI is InChI=1S/C24H26F4N4O/c1-30-17-29-14-22(30)16-32-12-10-31(11-13-32)15-18-2-4-19(5-3-18)20-6-8-21(9-7-20)23(25,33)24(26,27)28/h2-9,14,17,33H,10-13,15-16H2,1H3. The number of aryl methyl sites for hydroxylation is 1. The average molecular weight is 462 g/mol. The van der Waals surface area contributed by atoms with Crippen molar-refractivity contribution in [1.29, 1.82) is 0 Å². The number of alkyl halides is 4. The monoisotopic (exact) mass is 462 g/mol. The van der Waals surface area contributed by atoms with Crippen molar-refractivity contribution in [2.24, 2.45) is 7.05 Å². The van der Waals surface area contributed by atoms with Gasteiger partial charge in [-0.15, -0.1) is 0 Å². The van der Waals surface area contributed by atoms with Crippen molar-refractivity contribution < 1.29 is 22.7 Å². The van der Waals surface area contributed by atoms with Crippen molar-refractivity contribution in [3.05, 3.63) is 77.9 Å². The van der Waals surface area contributed by atoms with Crippen LogP contribution < -0.4 is 0 Å². The van der Waals surface area contributed by atoms with Crippen LogP contribution in [-0.2, 0) is 26.0 Å². The van der Waals surface area contributed by atoms with Crippen LogP contribution in [0.2, 0.25) is 0 Å². The molecule has 33 heavy (non-hydrogen) atoms. The maximum atomic E-state index is 13.7. The van der Waals surface area contributed by atoms with Crippen molar-refractivity contribution in [2.45, 2.75) is 25.1 Å². The maximum Gasteiger partial charge on any atom is 0.453 e. The van der Waals surface area contributed by atoms with Crippen molar-refractivity contribution in [3.63, 3.8) is 0 Å². The highest BCUT2D eigenvalue weighted by molar-refractivity contribution is 5.64. The molecule has 0 amide bonds. The van der Waals surface area contributed by atoms with Gasteiger partial charge in [-0.25, -0.2) is 4.98 Å². The molecule has 1 aromatic heterocycles. The molecule has 2 heterocycles. The topological polar surface area (TPSA) is 44.5 Å². The van der Waals surface area contributed by atoms with Crippen molar-refractivity contribution in [1.82, 2.24) is 19.4 Å². The van der Waals surface area contributed by atoms with E-state index in [4.69, 9.17) is 5.11 Å². The second kappa shape index (κ2) is 9.24. The molecule has 1 N–H and O–H groups in total. The Hall–Kier alpha value is -2.75. The Morgan fingerprint density at radius 1 is 0.818 bits per heavy atom. The first kappa shape index (κ1) is 23.4. The number of aromatic nitrogens is 2. The van der Waals surface area contributed by atoms with E-state index in [9.17, 15) is 17.6 Å². The third-order valence-corrected chi connectivity index (χ3v) is 6.10. The fourth-order valence-corrected chi connectivity index (χ4v) is 3.98. The SMILES string of the molecule is Cn1cncc1CN1CCN(Cc2ccc(-c3ccc(C(O)(F)C(F)(F)F)cc3)cc2)CC1. The first-order valence-corrected chi connectivity index (χ1v) is 10.7. The van der Waals surface area contributed by atoms with Gasteiger partial charge in [0.1, 0.15) is 0 Å². The zero-order chi connectivity index (χ0) is 23.6. The van der Waals surface area contributed by atoms with E-state index in [1.54, 1.807) is 0 Å². The van der Waals surface area contributed by atoms with Crippen LogP contribution in [0.1, 0.15) is 16.8 Å². The summed E-state index contributed by atoms with van der Waals surface area (Å²) in [7, 11) is 2.00. The molecule has 176 valence electrons. The first-order chi connectivity index (χ1) is 15.6. The fraction of sp³-hybridized carbons (Fsp3) is 0.375. The molecule has 4 rings (SSSR count). The Morgan fingerprint density at radius 3 is 1.82 bits per heavy atom. The lowest BCUT2D eigenvalue weighted by Gasteiger charge is -2.34. The van der Waals surface area contributed by atoms with E-state index in [-0.39, 0.29) is 0 Å². The van der Waals surface area contributed by atoms with Crippen LogP contribution in [-0.4, -0.2) is 56.8 Å². The van der Waals surface area contributed by atoms with Crippen LogP contribution in [0.5, 0.6) is 0 Å². The molecule has 0 spiro atoms. The molecule has 2 aromatic carbocycles. The Kier molecular flexibility index (Phi) is 6.56. The van der Waals surface area contributed by atoms with Gasteiger partial charge in [0.2, 0.25) is 0 Å². The number of nitrogens with zero attached hydrogens (tertiary/aromatic N) is 4. The summed E-state index contributed by atoms with van der Waals surface area (Å²) in [6, 6.07) is 12.5. The van der Waals surface area contributed by atoms with Crippen molar-refractivity contribution in [2.75, 3.05) is 26.2 Å². The summed E-state index contributed by atoms with van der Waals surface area (Å²) in [5.41, 5.74) is 2.96. The summed E-state index contributed by atoms with van der Waals surface area (Å²) in [6.45, 7) is 5.60. The Labute approximate surface area is 189 Å². The highest BCUT2D eigenvalue weighted by Crippen LogP contribution is 2.40. The summed E-state index contributed by atoms with van der Waals surface area (Å²) in [5.74, 6) is -4.36. The number of rotatable bonds is 6. The van der Waals surface area contributed by atoms with Gasteiger partial charge in [0.05, 0.1) is 12.0 Å². The summed E-state index contributed by atoms with van der Waals surface area (Å²) >= 11 is 0. The normalized spacial score (nSPS) is 17.8. The molecule has 1 aliphatic heterocycles. The van der Waals surface area contributed by atoms with Crippen LogP contribution in [0.15, 0.2) is 61.1 Å². The summed E-state index contributed by atoms with van der Waals surface area (Å²) in [6.07, 6.45) is -1.68. The molecule has 1 aliphatic rings. The molecule has 1 saturated heterocycles. The highest BCUT2D eigenvalue weighted by Gasteiger charge is 2.56. The van der Waals surface area contributed by atoms with E-state index in [1.807, 2.05) is 48.4 Å². The molecule has 0 radical (unpaired) electrons. The van der Waals surface area contributed by atoms with Gasteiger partial charge in [-0.05, 0) is 16.7 Å². The number of benzene rings is 2. The number of hydrogen-bond donors (Lipinski definition) is 1. The summed E-state index contributed by atoms with van der Waals surface area (Å²) in [4.78, 5) is 8.97. The molecule has 0 bridgehead atoms. The third-order valence-electron chi connectivity index (χ3n) is 6.10. The Morgan fingerprint density at radius 2 is 1.33 bits per heavy atom. The van der Waals surface area contributed by atoms with Crippen LogP contribution in [0.4, 0.5) is 17.6 Å². The van der Waals surface area contributed by atoms with Crippen LogP contribution >= 0.6 is 0 Å². The fourth-order valence-electron chi connectivity index (χ4n) is 3.98. The predicted molar refractivity (Wildman–Crippen MR) is 117 cm³/mol. The number of halogens is 4. The quantitative estimate of drug-likeness (QED) is 0.561.